The summed E-state index contributed by atoms with van der Waals surface area (Å²) in [7, 11) is 0. The normalized spacial score (nSPS) is 25.4. The molecule has 6 heteroatoms. The Labute approximate surface area is 113 Å². The third-order valence-corrected chi connectivity index (χ3v) is 4.05. The van der Waals surface area contributed by atoms with Crippen LogP contribution in [0.4, 0.5) is 8.78 Å². The lowest BCUT2D eigenvalue weighted by molar-refractivity contribution is 0.0945. The summed E-state index contributed by atoms with van der Waals surface area (Å²) < 4.78 is 33.6. The lowest BCUT2D eigenvalue weighted by Crippen LogP contribution is -2.37. The minimum absolute atomic E-state index is 0.0331. The van der Waals surface area contributed by atoms with Crippen LogP contribution in [0.15, 0.2) is 16.6 Å². The average molecular weight is 321 g/mol. The number of nitrogens with two attached hydrogens (primary N) is 1. The highest BCUT2D eigenvalue weighted by atomic mass is 79.9. The Morgan fingerprint density at radius 3 is 2.78 bits per heavy atom. The monoisotopic (exact) mass is 320 g/mol. The predicted molar refractivity (Wildman–Crippen MR) is 67.6 cm³/mol. The van der Waals surface area contributed by atoms with Gasteiger partial charge < -0.3 is 4.74 Å². The molecule has 0 aromatic heterocycles. The van der Waals surface area contributed by atoms with Crippen molar-refractivity contribution in [3.05, 3.63) is 33.8 Å². The molecule has 3 atom stereocenters. The van der Waals surface area contributed by atoms with Gasteiger partial charge in [-0.05, 0) is 41.4 Å². The molecule has 0 spiro atoms. The highest BCUT2D eigenvalue weighted by Gasteiger charge is 2.35. The fraction of sp³-hybridized carbons (Fsp3) is 0.500. The van der Waals surface area contributed by atoms with E-state index < -0.39 is 17.7 Å². The first-order valence-electron chi connectivity index (χ1n) is 5.77. The fourth-order valence-electron chi connectivity index (χ4n) is 2.43. The predicted octanol–water partition coefficient (Wildman–Crippen LogP) is 2.66. The molecule has 1 aromatic carbocycles. The van der Waals surface area contributed by atoms with Crippen molar-refractivity contribution in [1.82, 2.24) is 5.43 Å². The second-order valence-corrected chi connectivity index (χ2v) is 5.28. The number of nitrogens with one attached hydrogen (secondary N) is 1. The number of rotatable bonds is 3. The van der Waals surface area contributed by atoms with Crippen LogP contribution in [-0.2, 0) is 4.74 Å². The maximum absolute atomic E-state index is 14.1. The van der Waals surface area contributed by atoms with E-state index in [4.69, 9.17) is 10.6 Å². The average Bonchev–Trinajstić information content (AvgIpc) is 2.76. The van der Waals surface area contributed by atoms with E-state index >= 15 is 0 Å². The molecular weight excluding hydrogens is 306 g/mol. The van der Waals surface area contributed by atoms with Crippen molar-refractivity contribution in [3.8, 4) is 0 Å². The van der Waals surface area contributed by atoms with Gasteiger partial charge in [-0.2, -0.15) is 0 Å². The van der Waals surface area contributed by atoms with Crippen LogP contribution in [0.2, 0.25) is 0 Å². The van der Waals surface area contributed by atoms with Crippen LogP contribution < -0.4 is 11.3 Å². The molecule has 1 fully saturated rings. The minimum Gasteiger partial charge on any atom is -0.378 e. The summed E-state index contributed by atoms with van der Waals surface area (Å²) in [6.45, 7) is 2.47. The summed E-state index contributed by atoms with van der Waals surface area (Å²) in [4.78, 5) is 0. The lowest BCUT2D eigenvalue weighted by Gasteiger charge is -2.26. The van der Waals surface area contributed by atoms with Gasteiger partial charge in [-0.25, -0.2) is 8.78 Å². The van der Waals surface area contributed by atoms with Crippen LogP contribution >= 0.6 is 15.9 Å². The Morgan fingerprint density at radius 2 is 2.22 bits per heavy atom. The molecule has 3 unspecified atom stereocenters. The van der Waals surface area contributed by atoms with E-state index in [1.807, 2.05) is 6.92 Å². The standard InChI is InChI=1S/C12H15BrF2N2O/c1-6-7(4-5-18-6)12(17-16)10-9(14)3-2-8(13)11(10)15/h2-3,6-7,12,17H,4-5,16H2,1H3. The molecule has 0 radical (unpaired) electrons. The van der Waals surface area contributed by atoms with E-state index in [2.05, 4.69) is 21.4 Å². The van der Waals surface area contributed by atoms with E-state index in [0.29, 0.717) is 6.61 Å². The van der Waals surface area contributed by atoms with Crippen LogP contribution in [-0.4, -0.2) is 12.7 Å². The van der Waals surface area contributed by atoms with Crippen molar-refractivity contribution >= 4 is 15.9 Å². The van der Waals surface area contributed by atoms with Crippen molar-refractivity contribution in [2.75, 3.05) is 6.61 Å². The second kappa shape index (κ2) is 5.61. The molecule has 1 aliphatic heterocycles. The van der Waals surface area contributed by atoms with Crippen LogP contribution in [0.25, 0.3) is 0 Å². The third-order valence-electron chi connectivity index (χ3n) is 3.43. The molecule has 100 valence electrons. The molecule has 3 nitrogen and oxygen atoms in total. The fourth-order valence-corrected chi connectivity index (χ4v) is 2.78. The van der Waals surface area contributed by atoms with Gasteiger partial charge in [-0.15, -0.1) is 0 Å². The van der Waals surface area contributed by atoms with Crippen molar-refractivity contribution in [3.63, 3.8) is 0 Å². The summed E-state index contributed by atoms with van der Waals surface area (Å²) in [6.07, 6.45) is 0.644. The van der Waals surface area contributed by atoms with Gasteiger partial charge in [0.2, 0.25) is 0 Å². The van der Waals surface area contributed by atoms with Gasteiger partial charge in [0.25, 0.3) is 0 Å². The maximum Gasteiger partial charge on any atom is 0.145 e. The summed E-state index contributed by atoms with van der Waals surface area (Å²) in [5.41, 5.74) is 2.49. The molecule has 0 aliphatic carbocycles. The maximum atomic E-state index is 14.1. The highest BCUT2D eigenvalue weighted by Crippen LogP contribution is 2.36. The van der Waals surface area contributed by atoms with Crippen LogP contribution in [0, 0.1) is 17.6 Å². The van der Waals surface area contributed by atoms with Gasteiger partial charge in [-0.1, -0.05) is 0 Å². The molecule has 0 bridgehead atoms. The Balaban J connectivity index is 2.41. The first-order chi connectivity index (χ1) is 8.56. The number of halogens is 3. The molecule has 0 amide bonds. The number of hydrogen-bond donors (Lipinski definition) is 2. The zero-order chi connectivity index (χ0) is 13.3. The summed E-state index contributed by atoms with van der Waals surface area (Å²) in [5.74, 6) is 4.22. The number of ether oxygens (including phenoxy) is 1. The molecule has 1 aliphatic rings. The quantitative estimate of drug-likeness (QED) is 0.511. The molecule has 1 saturated heterocycles. The lowest BCUT2D eigenvalue weighted by atomic mass is 9.88. The first-order valence-corrected chi connectivity index (χ1v) is 6.56. The SMILES string of the molecule is CC1OCCC1C(NN)c1c(F)ccc(Br)c1F. The second-order valence-electron chi connectivity index (χ2n) is 4.43. The summed E-state index contributed by atoms with van der Waals surface area (Å²) in [6, 6.07) is 1.98. The van der Waals surface area contributed by atoms with Gasteiger partial charge in [0, 0.05) is 18.1 Å². The van der Waals surface area contributed by atoms with E-state index in [9.17, 15) is 8.78 Å². The third kappa shape index (κ3) is 2.42. The van der Waals surface area contributed by atoms with E-state index in [1.54, 1.807) is 0 Å². The molecule has 1 heterocycles. The minimum atomic E-state index is -0.614. The molecule has 1 aromatic rings. The largest absolute Gasteiger partial charge is 0.378 e. The Kier molecular flexibility index (Phi) is 4.32. The van der Waals surface area contributed by atoms with Crippen LogP contribution in [0.5, 0.6) is 0 Å². The van der Waals surface area contributed by atoms with Crippen LogP contribution in [0.1, 0.15) is 24.9 Å². The van der Waals surface area contributed by atoms with E-state index in [0.717, 1.165) is 6.42 Å². The van der Waals surface area contributed by atoms with Gasteiger partial charge in [0.15, 0.2) is 0 Å². The van der Waals surface area contributed by atoms with Crippen LogP contribution in [0.3, 0.4) is 0 Å². The van der Waals surface area contributed by atoms with Crippen molar-refractivity contribution in [2.45, 2.75) is 25.5 Å². The van der Waals surface area contributed by atoms with Crippen molar-refractivity contribution in [2.24, 2.45) is 11.8 Å². The first kappa shape index (κ1) is 13.9. The molecule has 0 saturated carbocycles. The van der Waals surface area contributed by atoms with Gasteiger partial charge in [0.05, 0.1) is 16.6 Å². The summed E-state index contributed by atoms with van der Waals surface area (Å²) >= 11 is 3.06. The molecular formula is C12H15BrF2N2O. The number of benzene rings is 1. The van der Waals surface area contributed by atoms with Gasteiger partial charge >= 0.3 is 0 Å². The van der Waals surface area contributed by atoms with Crippen molar-refractivity contribution < 1.29 is 13.5 Å². The Morgan fingerprint density at radius 1 is 1.50 bits per heavy atom. The van der Waals surface area contributed by atoms with E-state index in [-0.39, 0.29) is 22.1 Å². The zero-order valence-corrected chi connectivity index (χ0v) is 11.5. The topological polar surface area (TPSA) is 47.3 Å². The number of hydrazine groups is 1. The Bertz CT molecular complexity index is 444. The number of hydrogen-bond acceptors (Lipinski definition) is 3. The van der Waals surface area contributed by atoms with Crippen molar-refractivity contribution in [1.29, 1.82) is 0 Å². The smallest absolute Gasteiger partial charge is 0.145 e. The molecule has 18 heavy (non-hydrogen) atoms. The summed E-state index contributed by atoms with van der Waals surface area (Å²) in [5, 5.41) is 0. The van der Waals surface area contributed by atoms with E-state index in [1.165, 1.54) is 12.1 Å². The van der Waals surface area contributed by atoms with Gasteiger partial charge in [-0.3, -0.25) is 11.3 Å². The van der Waals surface area contributed by atoms with Gasteiger partial charge in [0.1, 0.15) is 11.6 Å². The zero-order valence-electron chi connectivity index (χ0n) is 9.92. The molecule has 2 rings (SSSR count). The highest BCUT2D eigenvalue weighted by molar-refractivity contribution is 9.10. The Hall–Kier alpha value is -0.560. The molecule has 3 N–H and O–H groups in total.